The lowest BCUT2D eigenvalue weighted by Gasteiger charge is -2.09. The van der Waals surface area contributed by atoms with Crippen molar-refractivity contribution < 1.29 is 9.13 Å². The smallest absolute Gasteiger partial charge is 0.260 e. The van der Waals surface area contributed by atoms with Crippen molar-refractivity contribution in [2.45, 2.75) is 6.92 Å². The van der Waals surface area contributed by atoms with E-state index in [1.54, 1.807) is 6.92 Å². The predicted octanol–water partition coefficient (Wildman–Crippen LogP) is 2.43. The largest absolute Gasteiger partial charge is 0.438 e. The Morgan fingerprint density at radius 3 is 2.73 bits per heavy atom. The summed E-state index contributed by atoms with van der Waals surface area (Å²) < 4.78 is 18.4. The highest BCUT2D eigenvalue weighted by Crippen LogP contribution is 2.28. The molecular formula is C15H9FN4O2. The Bertz CT molecular complexity index is 958. The number of halogens is 1. The molecule has 108 valence electrons. The zero-order chi connectivity index (χ0) is 15.7. The number of aromatic amines is 1. The third-order valence-corrected chi connectivity index (χ3v) is 3.07. The molecule has 0 aliphatic carbocycles. The first-order valence-electron chi connectivity index (χ1n) is 6.31. The van der Waals surface area contributed by atoms with Gasteiger partial charge in [0.05, 0.1) is 17.4 Å². The van der Waals surface area contributed by atoms with Crippen molar-refractivity contribution in [2.75, 3.05) is 0 Å². The van der Waals surface area contributed by atoms with E-state index in [2.05, 4.69) is 15.0 Å². The van der Waals surface area contributed by atoms with Crippen molar-refractivity contribution in [1.29, 1.82) is 5.26 Å². The van der Waals surface area contributed by atoms with Crippen LogP contribution >= 0.6 is 0 Å². The fourth-order valence-electron chi connectivity index (χ4n) is 2.08. The van der Waals surface area contributed by atoms with Gasteiger partial charge in [-0.1, -0.05) is 0 Å². The number of nitrogens with one attached hydrogen (secondary N) is 1. The van der Waals surface area contributed by atoms with Crippen LogP contribution in [0.5, 0.6) is 11.6 Å². The van der Waals surface area contributed by atoms with Crippen LogP contribution in [-0.4, -0.2) is 15.0 Å². The molecule has 0 spiro atoms. The maximum atomic E-state index is 12.9. The molecule has 0 aliphatic rings. The van der Waals surface area contributed by atoms with Crippen LogP contribution in [0, 0.1) is 24.1 Å². The Hall–Kier alpha value is -3.27. The lowest BCUT2D eigenvalue weighted by atomic mass is 10.1. The number of benzene rings is 1. The van der Waals surface area contributed by atoms with Gasteiger partial charge in [-0.25, -0.2) is 14.4 Å². The van der Waals surface area contributed by atoms with E-state index in [0.717, 1.165) is 0 Å². The van der Waals surface area contributed by atoms with Crippen molar-refractivity contribution in [3.05, 3.63) is 58.0 Å². The summed E-state index contributed by atoms with van der Waals surface area (Å²) in [6, 6.07) is 7.26. The van der Waals surface area contributed by atoms with Crippen LogP contribution in [-0.2, 0) is 0 Å². The SMILES string of the molecule is Cc1nc(Oc2ccc(F)cc2)c(C#N)c2nc[nH]c(=O)c12. The molecule has 22 heavy (non-hydrogen) atoms. The number of nitrogens with zero attached hydrogens (tertiary/aromatic N) is 3. The molecule has 7 heteroatoms. The highest BCUT2D eigenvalue weighted by Gasteiger charge is 2.17. The number of ether oxygens (including phenoxy) is 1. The molecule has 0 fully saturated rings. The lowest BCUT2D eigenvalue weighted by molar-refractivity contribution is 0.459. The molecule has 6 nitrogen and oxygen atoms in total. The highest BCUT2D eigenvalue weighted by atomic mass is 19.1. The van der Waals surface area contributed by atoms with Crippen molar-refractivity contribution in [3.63, 3.8) is 0 Å². The summed E-state index contributed by atoms with van der Waals surface area (Å²) in [5.74, 6) is -0.0464. The summed E-state index contributed by atoms with van der Waals surface area (Å²) in [5, 5.41) is 9.58. The summed E-state index contributed by atoms with van der Waals surface area (Å²) in [4.78, 5) is 22.5. The summed E-state index contributed by atoms with van der Waals surface area (Å²) >= 11 is 0. The van der Waals surface area contributed by atoms with E-state index in [1.165, 1.54) is 30.6 Å². The topological polar surface area (TPSA) is 91.7 Å². The average Bonchev–Trinajstić information content (AvgIpc) is 2.50. The van der Waals surface area contributed by atoms with Crippen molar-refractivity contribution in [2.24, 2.45) is 0 Å². The Kier molecular flexibility index (Phi) is 3.27. The molecule has 2 aromatic heterocycles. The number of aryl methyl sites for hydroxylation is 1. The molecule has 0 saturated carbocycles. The van der Waals surface area contributed by atoms with Gasteiger partial charge in [-0.3, -0.25) is 4.79 Å². The van der Waals surface area contributed by atoms with Gasteiger partial charge in [0.1, 0.15) is 28.7 Å². The normalized spacial score (nSPS) is 10.4. The van der Waals surface area contributed by atoms with Crippen LogP contribution in [0.2, 0.25) is 0 Å². The zero-order valence-corrected chi connectivity index (χ0v) is 11.4. The number of hydrogen-bond acceptors (Lipinski definition) is 5. The van der Waals surface area contributed by atoms with Crippen molar-refractivity contribution in [3.8, 4) is 17.7 Å². The van der Waals surface area contributed by atoms with E-state index >= 15 is 0 Å². The monoisotopic (exact) mass is 296 g/mol. The van der Waals surface area contributed by atoms with E-state index in [4.69, 9.17) is 4.74 Å². The Labute approximate surface area is 123 Å². The van der Waals surface area contributed by atoms with E-state index in [1.807, 2.05) is 6.07 Å². The Balaban J connectivity index is 2.20. The number of H-pyrrole nitrogens is 1. The molecule has 1 N–H and O–H groups in total. The van der Waals surface area contributed by atoms with Gasteiger partial charge in [-0.2, -0.15) is 5.26 Å². The fourth-order valence-corrected chi connectivity index (χ4v) is 2.08. The first-order valence-corrected chi connectivity index (χ1v) is 6.31. The van der Waals surface area contributed by atoms with Gasteiger partial charge < -0.3 is 9.72 Å². The molecule has 0 atom stereocenters. The summed E-state index contributed by atoms with van der Waals surface area (Å²) in [7, 11) is 0. The van der Waals surface area contributed by atoms with Gasteiger partial charge in [0.25, 0.3) is 5.56 Å². The fraction of sp³-hybridized carbons (Fsp3) is 0.0667. The molecule has 0 radical (unpaired) electrons. The number of fused-ring (bicyclic) bond motifs is 1. The average molecular weight is 296 g/mol. The van der Waals surface area contributed by atoms with Gasteiger partial charge in [0.15, 0.2) is 0 Å². The van der Waals surface area contributed by atoms with Gasteiger partial charge in [-0.15, -0.1) is 0 Å². The maximum absolute atomic E-state index is 12.9. The second kappa shape index (κ2) is 5.26. The summed E-state index contributed by atoms with van der Waals surface area (Å²) in [5.41, 5.74) is 0.284. The van der Waals surface area contributed by atoms with Crippen LogP contribution in [0.1, 0.15) is 11.3 Å². The Morgan fingerprint density at radius 1 is 1.32 bits per heavy atom. The second-order valence-corrected chi connectivity index (χ2v) is 4.50. The standard InChI is InChI=1S/C15H9FN4O2/c1-8-12-13(18-7-19-14(12)21)11(6-17)15(20-8)22-10-4-2-9(16)3-5-10/h2-5,7H,1H3,(H,18,19,21). The van der Waals surface area contributed by atoms with Crippen molar-refractivity contribution in [1.82, 2.24) is 15.0 Å². The highest BCUT2D eigenvalue weighted by molar-refractivity contribution is 5.86. The van der Waals surface area contributed by atoms with Gasteiger partial charge in [0, 0.05) is 0 Å². The molecule has 0 amide bonds. The molecule has 3 rings (SSSR count). The van der Waals surface area contributed by atoms with Crippen LogP contribution in [0.4, 0.5) is 4.39 Å². The molecule has 1 aromatic carbocycles. The van der Waals surface area contributed by atoms with Crippen LogP contribution in [0.3, 0.4) is 0 Å². The van der Waals surface area contributed by atoms with Crippen LogP contribution < -0.4 is 10.3 Å². The molecule has 3 aromatic rings. The summed E-state index contributed by atoms with van der Waals surface area (Å²) in [6.45, 7) is 1.62. The Morgan fingerprint density at radius 2 is 2.05 bits per heavy atom. The number of hydrogen-bond donors (Lipinski definition) is 1. The van der Waals surface area contributed by atoms with E-state index in [-0.39, 0.29) is 27.9 Å². The zero-order valence-electron chi connectivity index (χ0n) is 11.4. The number of aromatic nitrogens is 3. The van der Waals surface area contributed by atoms with Crippen LogP contribution in [0.25, 0.3) is 10.9 Å². The minimum atomic E-state index is -0.399. The van der Waals surface area contributed by atoms with E-state index < -0.39 is 5.82 Å². The number of pyridine rings is 1. The van der Waals surface area contributed by atoms with Gasteiger partial charge >= 0.3 is 0 Å². The van der Waals surface area contributed by atoms with Crippen molar-refractivity contribution >= 4 is 10.9 Å². The van der Waals surface area contributed by atoms with E-state index in [9.17, 15) is 14.4 Å². The van der Waals surface area contributed by atoms with Gasteiger partial charge in [-0.05, 0) is 31.2 Å². The first-order chi connectivity index (χ1) is 10.6. The predicted molar refractivity (Wildman–Crippen MR) is 76.1 cm³/mol. The quantitative estimate of drug-likeness (QED) is 0.784. The number of rotatable bonds is 2. The minimum Gasteiger partial charge on any atom is -0.438 e. The van der Waals surface area contributed by atoms with E-state index in [0.29, 0.717) is 11.4 Å². The first kappa shape index (κ1) is 13.7. The molecule has 0 bridgehead atoms. The molecule has 0 saturated heterocycles. The molecular weight excluding hydrogens is 287 g/mol. The third-order valence-electron chi connectivity index (χ3n) is 3.07. The lowest BCUT2D eigenvalue weighted by Crippen LogP contribution is -2.10. The number of nitriles is 1. The molecule has 2 heterocycles. The minimum absolute atomic E-state index is 0.0252. The van der Waals surface area contributed by atoms with Gasteiger partial charge in [0.2, 0.25) is 5.88 Å². The molecule has 0 aliphatic heterocycles. The van der Waals surface area contributed by atoms with Crippen LogP contribution in [0.15, 0.2) is 35.4 Å². The summed E-state index contributed by atoms with van der Waals surface area (Å²) in [6.07, 6.45) is 1.21. The molecule has 0 unspecified atom stereocenters. The second-order valence-electron chi connectivity index (χ2n) is 4.50. The maximum Gasteiger partial charge on any atom is 0.260 e. The third kappa shape index (κ3) is 2.27.